The molecule has 0 heterocycles. The molecule has 106 valence electrons. The van der Waals surface area contributed by atoms with Crippen LogP contribution in [0, 0.1) is 6.92 Å². The smallest absolute Gasteiger partial charge is 0.206 e. The van der Waals surface area contributed by atoms with Gasteiger partial charge < -0.3 is 4.12 Å². The first-order valence-electron chi connectivity index (χ1n) is 7.14. The molecule has 2 aromatic carbocycles. The van der Waals surface area contributed by atoms with Gasteiger partial charge in [-0.15, -0.1) is 0 Å². The second kappa shape index (κ2) is 5.68. The van der Waals surface area contributed by atoms with Crippen molar-refractivity contribution in [3.05, 3.63) is 60.2 Å². The summed E-state index contributed by atoms with van der Waals surface area (Å²) in [5.41, 5.74) is 1.30. The van der Waals surface area contributed by atoms with E-state index in [1.807, 2.05) is 0 Å². The fourth-order valence-corrected chi connectivity index (χ4v) is 10.6. The van der Waals surface area contributed by atoms with Gasteiger partial charge in [-0.05, 0) is 43.5 Å². The molecule has 0 fully saturated rings. The van der Waals surface area contributed by atoms with Gasteiger partial charge in [0, 0.05) is 0 Å². The maximum Gasteiger partial charge on any atom is 0.206 e. The molecule has 0 saturated carbocycles. The molecule has 3 heteroatoms. The standard InChI is InChI=1S/C17H24OSi2/c1-15-11-13-17(14-12-15)20(4,5)18-19(2,3)16-9-7-6-8-10-16/h6-14H,1-5H3. The second-order valence-electron chi connectivity index (χ2n) is 6.35. The first-order chi connectivity index (χ1) is 9.31. The molecule has 0 atom stereocenters. The zero-order valence-corrected chi connectivity index (χ0v) is 15.1. The van der Waals surface area contributed by atoms with E-state index in [1.54, 1.807) is 0 Å². The van der Waals surface area contributed by atoms with Crippen LogP contribution >= 0.6 is 0 Å². The molecule has 0 amide bonds. The van der Waals surface area contributed by atoms with E-state index < -0.39 is 16.6 Å². The second-order valence-corrected chi connectivity index (χ2v) is 14.4. The third-order valence-electron chi connectivity index (χ3n) is 3.73. The lowest BCUT2D eigenvalue weighted by atomic mass is 10.2. The summed E-state index contributed by atoms with van der Waals surface area (Å²) in [6.45, 7) is 11.3. The monoisotopic (exact) mass is 300 g/mol. The van der Waals surface area contributed by atoms with Crippen LogP contribution in [0.2, 0.25) is 26.2 Å². The maximum absolute atomic E-state index is 6.72. The lowest BCUT2D eigenvalue weighted by molar-refractivity contribution is 0.573. The lowest BCUT2D eigenvalue weighted by Crippen LogP contribution is -2.57. The Labute approximate surface area is 124 Å². The van der Waals surface area contributed by atoms with Crippen molar-refractivity contribution in [3.63, 3.8) is 0 Å². The van der Waals surface area contributed by atoms with E-state index in [2.05, 4.69) is 87.7 Å². The van der Waals surface area contributed by atoms with Crippen LogP contribution in [0.1, 0.15) is 5.56 Å². The molecule has 0 N–H and O–H groups in total. The van der Waals surface area contributed by atoms with Gasteiger partial charge in [0.2, 0.25) is 16.6 Å². The highest BCUT2D eigenvalue weighted by Gasteiger charge is 2.35. The molecule has 0 aliphatic heterocycles. The average molecular weight is 301 g/mol. The zero-order chi connectivity index (χ0) is 14.8. The van der Waals surface area contributed by atoms with Crippen LogP contribution in [0.15, 0.2) is 54.6 Å². The van der Waals surface area contributed by atoms with Crippen molar-refractivity contribution in [2.24, 2.45) is 0 Å². The van der Waals surface area contributed by atoms with E-state index in [9.17, 15) is 0 Å². The van der Waals surface area contributed by atoms with Crippen LogP contribution in [0.5, 0.6) is 0 Å². The minimum Gasteiger partial charge on any atom is -0.449 e. The molecule has 2 aromatic rings. The molecule has 0 aliphatic carbocycles. The minimum absolute atomic E-state index is 1.30. The van der Waals surface area contributed by atoms with Crippen molar-refractivity contribution >= 4 is 27.0 Å². The third kappa shape index (κ3) is 3.48. The van der Waals surface area contributed by atoms with E-state index in [1.165, 1.54) is 15.9 Å². The topological polar surface area (TPSA) is 9.23 Å². The Hall–Kier alpha value is -1.17. The summed E-state index contributed by atoms with van der Waals surface area (Å²) in [6.07, 6.45) is 0. The normalized spacial score (nSPS) is 12.4. The van der Waals surface area contributed by atoms with Crippen LogP contribution in [0.3, 0.4) is 0 Å². The van der Waals surface area contributed by atoms with Crippen LogP contribution in [0.4, 0.5) is 0 Å². The van der Waals surface area contributed by atoms with Gasteiger partial charge >= 0.3 is 0 Å². The molecule has 0 radical (unpaired) electrons. The fraction of sp³-hybridized carbons (Fsp3) is 0.294. The van der Waals surface area contributed by atoms with Crippen molar-refractivity contribution < 1.29 is 4.12 Å². The highest BCUT2D eigenvalue weighted by atomic mass is 28.4. The van der Waals surface area contributed by atoms with Crippen LogP contribution < -0.4 is 10.4 Å². The Kier molecular flexibility index (Phi) is 4.32. The molecule has 0 saturated heterocycles. The Morgan fingerprint density at radius 1 is 0.650 bits per heavy atom. The SMILES string of the molecule is Cc1ccc([Si](C)(C)O[Si](C)(C)c2ccccc2)cc1. The summed E-state index contributed by atoms with van der Waals surface area (Å²) in [5.74, 6) is 0. The van der Waals surface area contributed by atoms with Crippen molar-refractivity contribution in [2.75, 3.05) is 0 Å². The van der Waals surface area contributed by atoms with Crippen LogP contribution in [-0.4, -0.2) is 16.6 Å². The summed E-state index contributed by atoms with van der Waals surface area (Å²) in [6, 6.07) is 19.5. The Bertz CT molecular complexity index is 559. The van der Waals surface area contributed by atoms with Crippen molar-refractivity contribution in [2.45, 2.75) is 33.1 Å². The predicted molar refractivity (Wildman–Crippen MR) is 92.9 cm³/mol. The Balaban J connectivity index is 2.25. The molecule has 0 unspecified atom stereocenters. The van der Waals surface area contributed by atoms with Gasteiger partial charge in [-0.1, -0.05) is 60.2 Å². The molecule has 0 aromatic heterocycles. The molecule has 0 spiro atoms. The van der Waals surface area contributed by atoms with Gasteiger partial charge in [-0.2, -0.15) is 0 Å². The molecule has 1 nitrogen and oxygen atoms in total. The van der Waals surface area contributed by atoms with Crippen molar-refractivity contribution in [1.29, 1.82) is 0 Å². The van der Waals surface area contributed by atoms with E-state index >= 15 is 0 Å². The van der Waals surface area contributed by atoms with Gasteiger partial charge in [0.15, 0.2) is 0 Å². The third-order valence-corrected chi connectivity index (χ3v) is 11.3. The number of rotatable bonds is 4. The van der Waals surface area contributed by atoms with Gasteiger partial charge in [0.1, 0.15) is 0 Å². The van der Waals surface area contributed by atoms with E-state index in [0.29, 0.717) is 0 Å². The summed E-state index contributed by atoms with van der Waals surface area (Å²) >= 11 is 0. The van der Waals surface area contributed by atoms with Crippen molar-refractivity contribution in [3.8, 4) is 0 Å². The quantitative estimate of drug-likeness (QED) is 0.785. The zero-order valence-electron chi connectivity index (χ0n) is 13.1. The Morgan fingerprint density at radius 3 is 1.60 bits per heavy atom. The maximum atomic E-state index is 6.72. The highest BCUT2D eigenvalue weighted by molar-refractivity contribution is 6.96. The molecule has 2 rings (SSSR count). The summed E-state index contributed by atoms with van der Waals surface area (Å²) < 4.78 is 6.72. The average Bonchev–Trinajstić information content (AvgIpc) is 2.39. The predicted octanol–water partition coefficient (Wildman–Crippen LogP) is 3.54. The number of hydrogen-bond donors (Lipinski definition) is 0. The van der Waals surface area contributed by atoms with Gasteiger partial charge in [-0.25, -0.2) is 0 Å². The van der Waals surface area contributed by atoms with Gasteiger partial charge in [0.05, 0.1) is 0 Å². The van der Waals surface area contributed by atoms with Crippen molar-refractivity contribution in [1.82, 2.24) is 0 Å². The molecular formula is C17H24OSi2. The van der Waals surface area contributed by atoms with E-state index in [-0.39, 0.29) is 0 Å². The minimum atomic E-state index is -1.86. The lowest BCUT2D eigenvalue weighted by Gasteiger charge is -2.34. The van der Waals surface area contributed by atoms with E-state index in [4.69, 9.17) is 4.12 Å². The van der Waals surface area contributed by atoms with Gasteiger partial charge in [0.25, 0.3) is 0 Å². The summed E-state index contributed by atoms with van der Waals surface area (Å²) in [4.78, 5) is 0. The largest absolute Gasteiger partial charge is 0.449 e. The first kappa shape index (κ1) is 15.2. The molecule has 0 aliphatic rings. The summed E-state index contributed by atoms with van der Waals surface area (Å²) in [5, 5.41) is 2.74. The number of hydrogen-bond acceptors (Lipinski definition) is 1. The number of benzene rings is 2. The van der Waals surface area contributed by atoms with Crippen LogP contribution in [0.25, 0.3) is 0 Å². The molecular weight excluding hydrogens is 276 g/mol. The Morgan fingerprint density at radius 2 is 1.10 bits per heavy atom. The first-order valence-corrected chi connectivity index (χ1v) is 13.0. The molecule has 0 bridgehead atoms. The van der Waals surface area contributed by atoms with Gasteiger partial charge in [-0.3, -0.25) is 0 Å². The van der Waals surface area contributed by atoms with Crippen LogP contribution in [-0.2, 0) is 4.12 Å². The van der Waals surface area contributed by atoms with E-state index in [0.717, 1.165) is 0 Å². The number of aryl methyl sites for hydroxylation is 1. The fourth-order valence-electron chi connectivity index (χ4n) is 2.55. The summed E-state index contributed by atoms with van der Waals surface area (Å²) in [7, 11) is -3.71. The highest BCUT2D eigenvalue weighted by Crippen LogP contribution is 2.15. The molecule has 20 heavy (non-hydrogen) atoms.